The number of nitrogens with zero attached hydrogens (tertiary/aromatic N) is 1. The molecule has 2 aromatic rings. The van der Waals surface area contributed by atoms with Crippen LogP contribution in [0.5, 0.6) is 0 Å². The zero-order valence-corrected chi connectivity index (χ0v) is 10.8. The maximum atomic E-state index is 9.08. The van der Waals surface area contributed by atoms with Crippen LogP contribution in [-0.4, -0.2) is 16.7 Å². The van der Waals surface area contributed by atoms with Crippen LogP contribution >= 0.6 is 11.3 Å². The summed E-state index contributed by atoms with van der Waals surface area (Å²) in [4.78, 5) is 5.47. The van der Waals surface area contributed by atoms with Crippen LogP contribution in [0.3, 0.4) is 0 Å². The van der Waals surface area contributed by atoms with Gasteiger partial charge in [-0.3, -0.25) is 0 Å². The second-order valence-corrected chi connectivity index (χ2v) is 5.15. The van der Waals surface area contributed by atoms with Crippen molar-refractivity contribution in [1.82, 2.24) is 4.98 Å². The lowest BCUT2D eigenvalue weighted by Crippen LogP contribution is -2.13. The van der Waals surface area contributed by atoms with Crippen LogP contribution in [0, 0.1) is 13.8 Å². The summed E-state index contributed by atoms with van der Waals surface area (Å²) in [7, 11) is 0. The normalized spacial score (nSPS) is 12.7. The van der Waals surface area contributed by atoms with Crippen LogP contribution in [-0.2, 0) is 0 Å². The molecule has 0 bridgehead atoms. The van der Waals surface area contributed by atoms with Gasteiger partial charge in [0.25, 0.3) is 0 Å². The van der Waals surface area contributed by atoms with Crippen molar-refractivity contribution in [1.29, 1.82) is 0 Å². The summed E-state index contributed by atoms with van der Waals surface area (Å²) in [5, 5.41) is 10.0. The molecule has 0 aliphatic carbocycles. The lowest BCUT2D eigenvalue weighted by Gasteiger charge is -2.04. The molecule has 0 aliphatic rings. The zero-order valence-electron chi connectivity index (χ0n) is 9.97. The smallest absolute Gasteiger partial charge is 0.123 e. The second kappa shape index (κ2) is 4.96. The highest BCUT2D eigenvalue weighted by molar-refractivity contribution is 7.15. The Balaban J connectivity index is 2.37. The van der Waals surface area contributed by atoms with Gasteiger partial charge < -0.3 is 10.8 Å². The largest absolute Gasteiger partial charge is 0.394 e. The number of nitrogens with two attached hydrogens (primary N) is 1. The van der Waals surface area contributed by atoms with E-state index in [9.17, 15) is 0 Å². The fourth-order valence-electron chi connectivity index (χ4n) is 1.65. The van der Waals surface area contributed by atoms with Crippen molar-refractivity contribution in [2.75, 3.05) is 6.61 Å². The summed E-state index contributed by atoms with van der Waals surface area (Å²) in [5.41, 5.74) is 9.07. The number of hydrogen-bond donors (Lipinski definition) is 2. The summed E-state index contributed by atoms with van der Waals surface area (Å²) in [5.74, 6) is 0. The fraction of sp³-hybridized carbons (Fsp3) is 0.308. The minimum atomic E-state index is -0.327. The standard InChI is InChI=1S/C13H16N2OS/c1-8-3-5-10(6-4-8)13-15-9(2)12(17-13)11(14)7-16/h3-6,11,16H,7,14H2,1-2H3. The van der Waals surface area contributed by atoms with Crippen molar-refractivity contribution in [3.05, 3.63) is 40.4 Å². The maximum Gasteiger partial charge on any atom is 0.123 e. The average Bonchev–Trinajstić information content (AvgIpc) is 2.71. The third-order valence-electron chi connectivity index (χ3n) is 2.66. The molecule has 3 nitrogen and oxygen atoms in total. The van der Waals surface area contributed by atoms with Crippen molar-refractivity contribution in [3.63, 3.8) is 0 Å². The molecule has 1 aromatic carbocycles. The van der Waals surface area contributed by atoms with Gasteiger partial charge in [0.15, 0.2) is 0 Å². The first-order valence-corrected chi connectivity index (χ1v) is 6.34. The number of thiazole rings is 1. The van der Waals surface area contributed by atoms with Gasteiger partial charge in [0, 0.05) is 10.4 Å². The molecule has 0 saturated carbocycles. The molecule has 1 atom stereocenters. The third kappa shape index (κ3) is 2.54. The number of aryl methyl sites for hydroxylation is 2. The van der Waals surface area contributed by atoms with Gasteiger partial charge in [0.2, 0.25) is 0 Å². The molecule has 90 valence electrons. The Bertz CT molecular complexity index is 505. The van der Waals surface area contributed by atoms with Crippen molar-refractivity contribution in [2.45, 2.75) is 19.9 Å². The summed E-state index contributed by atoms with van der Waals surface area (Å²) in [6, 6.07) is 7.92. The van der Waals surface area contributed by atoms with Gasteiger partial charge in [0.1, 0.15) is 5.01 Å². The molecule has 1 unspecified atom stereocenters. The summed E-state index contributed by atoms with van der Waals surface area (Å²) in [6.07, 6.45) is 0. The minimum Gasteiger partial charge on any atom is -0.394 e. The lowest BCUT2D eigenvalue weighted by molar-refractivity contribution is 0.269. The summed E-state index contributed by atoms with van der Waals surface area (Å²) < 4.78 is 0. The Hall–Kier alpha value is -1.23. The molecule has 1 heterocycles. The van der Waals surface area contributed by atoms with Crippen molar-refractivity contribution < 1.29 is 5.11 Å². The van der Waals surface area contributed by atoms with Gasteiger partial charge in [-0.1, -0.05) is 29.8 Å². The highest BCUT2D eigenvalue weighted by Crippen LogP contribution is 2.30. The summed E-state index contributed by atoms with van der Waals surface area (Å²) in [6.45, 7) is 3.94. The molecule has 1 aromatic heterocycles. The minimum absolute atomic E-state index is 0.0453. The van der Waals surface area contributed by atoms with Crippen LogP contribution in [0.4, 0.5) is 0 Å². The zero-order chi connectivity index (χ0) is 12.4. The van der Waals surface area contributed by atoms with E-state index in [2.05, 4.69) is 36.2 Å². The molecule has 4 heteroatoms. The van der Waals surface area contributed by atoms with E-state index >= 15 is 0 Å². The molecule has 17 heavy (non-hydrogen) atoms. The molecular formula is C13H16N2OS. The van der Waals surface area contributed by atoms with Gasteiger partial charge in [-0.2, -0.15) is 0 Å². The molecule has 0 saturated heterocycles. The van der Waals surface area contributed by atoms with Crippen molar-refractivity contribution >= 4 is 11.3 Å². The first-order chi connectivity index (χ1) is 8.11. The number of aliphatic hydroxyl groups is 1. The van der Waals surface area contributed by atoms with E-state index < -0.39 is 0 Å². The Labute approximate surface area is 105 Å². The maximum absolute atomic E-state index is 9.08. The second-order valence-electron chi connectivity index (χ2n) is 4.12. The SMILES string of the molecule is Cc1ccc(-c2nc(C)c(C(N)CO)s2)cc1. The van der Waals surface area contributed by atoms with Gasteiger partial charge >= 0.3 is 0 Å². The van der Waals surface area contributed by atoms with Crippen LogP contribution in [0.1, 0.15) is 22.2 Å². The van der Waals surface area contributed by atoms with Gasteiger partial charge in [-0.05, 0) is 13.8 Å². The fourth-order valence-corrected chi connectivity index (χ4v) is 2.72. The van der Waals surface area contributed by atoms with Gasteiger partial charge in [-0.25, -0.2) is 4.98 Å². The van der Waals surface area contributed by atoms with Crippen molar-refractivity contribution in [2.24, 2.45) is 5.73 Å². The molecular weight excluding hydrogens is 232 g/mol. The van der Waals surface area contributed by atoms with E-state index in [1.54, 1.807) is 11.3 Å². The van der Waals surface area contributed by atoms with Crippen LogP contribution in [0.2, 0.25) is 0 Å². The summed E-state index contributed by atoms with van der Waals surface area (Å²) >= 11 is 1.56. The molecule has 0 spiro atoms. The molecule has 0 amide bonds. The predicted octanol–water partition coefficient (Wildman–Crippen LogP) is 2.42. The Kier molecular flexibility index (Phi) is 3.57. The first-order valence-electron chi connectivity index (χ1n) is 5.52. The predicted molar refractivity (Wildman–Crippen MR) is 71.0 cm³/mol. The van der Waals surface area contributed by atoms with Crippen LogP contribution in [0.25, 0.3) is 10.6 Å². The van der Waals surface area contributed by atoms with Crippen LogP contribution in [0.15, 0.2) is 24.3 Å². The highest BCUT2D eigenvalue weighted by atomic mass is 32.1. The Morgan fingerprint density at radius 1 is 1.29 bits per heavy atom. The van der Waals surface area contributed by atoms with Gasteiger partial charge in [0.05, 0.1) is 18.3 Å². The third-order valence-corrected chi connectivity index (χ3v) is 4.00. The topological polar surface area (TPSA) is 59.1 Å². The Morgan fingerprint density at radius 2 is 1.94 bits per heavy atom. The number of aromatic nitrogens is 1. The van der Waals surface area contributed by atoms with E-state index in [0.29, 0.717) is 0 Å². The van der Waals surface area contributed by atoms with E-state index in [4.69, 9.17) is 10.8 Å². The van der Waals surface area contributed by atoms with Crippen LogP contribution < -0.4 is 5.73 Å². The van der Waals surface area contributed by atoms with Crippen molar-refractivity contribution in [3.8, 4) is 10.6 Å². The quantitative estimate of drug-likeness (QED) is 0.877. The number of benzene rings is 1. The lowest BCUT2D eigenvalue weighted by atomic mass is 10.2. The molecule has 3 N–H and O–H groups in total. The molecule has 2 rings (SSSR count). The monoisotopic (exact) mass is 248 g/mol. The van der Waals surface area contributed by atoms with E-state index in [1.165, 1.54) is 5.56 Å². The number of rotatable bonds is 3. The highest BCUT2D eigenvalue weighted by Gasteiger charge is 2.14. The number of aliphatic hydroxyl groups excluding tert-OH is 1. The van der Waals surface area contributed by atoms with E-state index in [1.807, 2.05) is 6.92 Å². The molecule has 0 aliphatic heterocycles. The molecule has 0 fully saturated rings. The average molecular weight is 248 g/mol. The van der Waals surface area contributed by atoms with E-state index in [-0.39, 0.29) is 12.6 Å². The van der Waals surface area contributed by atoms with E-state index in [0.717, 1.165) is 21.1 Å². The van der Waals surface area contributed by atoms with Gasteiger partial charge in [-0.15, -0.1) is 11.3 Å². The number of hydrogen-bond acceptors (Lipinski definition) is 4. The Morgan fingerprint density at radius 3 is 2.53 bits per heavy atom. The first kappa shape index (κ1) is 12.2. The molecule has 0 radical (unpaired) electrons.